The average Bonchev–Trinajstić information content (AvgIpc) is 3.53. The fourth-order valence-electron chi connectivity index (χ4n) is 7.28. The van der Waals surface area contributed by atoms with Crippen LogP contribution in [0.4, 0.5) is 4.79 Å². The first-order valence-electron chi connectivity index (χ1n) is 20.8. The molecule has 0 aromatic heterocycles. The molecule has 1 aliphatic rings. The summed E-state index contributed by atoms with van der Waals surface area (Å²) in [7, 11) is -4.40. The number of halogens is 1. The van der Waals surface area contributed by atoms with Gasteiger partial charge in [-0.1, -0.05) is 175 Å². The fraction of sp³-hybridized carbons (Fsp3) is 0.173. The van der Waals surface area contributed by atoms with Gasteiger partial charge in [0.15, 0.2) is 11.5 Å². The van der Waals surface area contributed by atoms with E-state index in [0.29, 0.717) is 25.3 Å². The molecular weight excluding hydrogens is 833 g/mol. The molecule has 0 aliphatic carbocycles. The molecule has 0 saturated heterocycles. The summed E-state index contributed by atoms with van der Waals surface area (Å²) in [5.41, 5.74) is 6.77. The largest absolute Gasteiger partial charge is 0.530 e. The molecule has 0 N–H and O–H groups in total. The van der Waals surface area contributed by atoms with Crippen LogP contribution in [-0.4, -0.2) is 24.1 Å². The third kappa shape index (κ3) is 11.8. The van der Waals surface area contributed by atoms with Crippen molar-refractivity contribution in [2.45, 2.75) is 45.4 Å². The monoisotopic (exact) mass is 879 g/mol. The highest BCUT2D eigenvalue weighted by Crippen LogP contribution is 2.55. The molecule has 1 amide bonds. The van der Waals surface area contributed by atoms with E-state index in [1.165, 1.54) is 0 Å². The Bertz CT molecular complexity index is 2540. The van der Waals surface area contributed by atoms with Gasteiger partial charge in [-0.05, 0) is 69.1 Å². The van der Waals surface area contributed by atoms with Crippen molar-refractivity contribution in [3.63, 3.8) is 0 Å². The van der Waals surface area contributed by atoms with Crippen LogP contribution in [0.1, 0.15) is 50.4 Å². The number of amides is 1. The number of hydrogen-bond acceptors (Lipinski definition) is 8. The minimum atomic E-state index is -4.40. The Labute approximate surface area is 373 Å². The van der Waals surface area contributed by atoms with Gasteiger partial charge in [-0.3, -0.25) is 9.05 Å². The first kappa shape index (κ1) is 43.3. The molecule has 320 valence electrons. The zero-order valence-electron chi connectivity index (χ0n) is 34.6. The van der Waals surface area contributed by atoms with Crippen LogP contribution in [0, 0.1) is 0 Å². The van der Waals surface area contributed by atoms with Crippen LogP contribution in [-0.2, 0) is 57.8 Å². The summed E-state index contributed by atoms with van der Waals surface area (Å²) in [6.45, 7) is 1.14. The van der Waals surface area contributed by atoms with Crippen LogP contribution >= 0.6 is 19.4 Å². The smallest absolute Gasteiger partial charge is 0.489 e. The highest BCUT2D eigenvalue weighted by Gasteiger charge is 2.36. The van der Waals surface area contributed by atoms with Crippen LogP contribution in [0.3, 0.4) is 0 Å². The lowest BCUT2D eigenvalue weighted by Crippen LogP contribution is -2.35. The van der Waals surface area contributed by atoms with Crippen LogP contribution in [0.5, 0.6) is 17.2 Å². The molecule has 0 fully saturated rings. The average molecular weight is 880 g/mol. The zero-order valence-corrected chi connectivity index (χ0v) is 36.2. The van der Waals surface area contributed by atoms with Gasteiger partial charge in [0.2, 0.25) is 0 Å². The molecule has 63 heavy (non-hydrogen) atoms. The molecule has 7 aromatic carbocycles. The van der Waals surface area contributed by atoms with Crippen molar-refractivity contribution < 1.29 is 37.1 Å². The summed E-state index contributed by atoms with van der Waals surface area (Å²) in [6, 6.07) is 57.6. The van der Waals surface area contributed by atoms with Gasteiger partial charge in [0.25, 0.3) is 0 Å². The molecule has 7 aromatic rings. The standard InChI is InChI=1S/C52H47ClNO8P/c53-50-46-30-31-54(52(55)59-36-41-20-10-3-11-21-41)33-48(44-26-28-45(29-27-44)57-34-39-16-6-1-7-17-39)47(46)32-49(51(50)58-35-40-18-8-2-9-19-40)62-63(56,60-37-42-22-12-4-13-23-42)61-38-43-24-14-5-15-25-43/h1-29,32,48H,30-31,33-38H2. The number of ether oxygens (including phenoxy) is 3. The maximum Gasteiger partial charge on any atom is 0.530 e. The first-order valence-corrected chi connectivity index (χ1v) is 22.6. The van der Waals surface area contributed by atoms with Crippen molar-refractivity contribution in [2.24, 2.45) is 0 Å². The summed E-state index contributed by atoms with van der Waals surface area (Å²) in [5, 5.41) is 0.267. The van der Waals surface area contributed by atoms with E-state index in [1.807, 2.05) is 176 Å². The maximum absolute atomic E-state index is 14.9. The molecular formula is C52H47ClNO8P. The van der Waals surface area contributed by atoms with Gasteiger partial charge in [-0.2, -0.15) is 0 Å². The van der Waals surface area contributed by atoms with Crippen LogP contribution < -0.4 is 14.0 Å². The second-order valence-electron chi connectivity index (χ2n) is 15.0. The van der Waals surface area contributed by atoms with E-state index in [0.717, 1.165) is 44.5 Å². The lowest BCUT2D eigenvalue weighted by atomic mass is 9.87. The highest BCUT2D eigenvalue weighted by atomic mass is 35.5. The summed E-state index contributed by atoms with van der Waals surface area (Å²) in [4.78, 5) is 15.6. The third-order valence-corrected chi connectivity index (χ3v) is 12.3. The molecule has 8 rings (SSSR count). The quantitative estimate of drug-likeness (QED) is 0.0835. The molecule has 0 radical (unpaired) electrons. The number of carbonyl (C=O) groups is 1. The molecule has 9 nitrogen and oxygen atoms in total. The number of fused-ring (bicyclic) bond motifs is 1. The molecule has 1 aliphatic heterocycles. The Morgan fingerprint density at radius 2 is 1.05 bits per heavy atom. The second-order valence-corrected chi connectivity index (χ2v) is 17.0. The van der Waals surface area contributed by atoms with E-state index in [4.69, 9.17) is 39.4 Å². The van der Waals surface area contributed by atoms with E-state index >= 15 is 0 Å². The zero-order chi connectivity index (χ0) is 43.3. The van der Waals surface area contributed by atoms with E-state index in [9.17, 15) is 9.36 Å². The third-order valence-electron chi connectivity index (χ3n) is 10.6. The van der Waals surface area contributed by atoms with Crippen LogP contribution in [0.25, 0.3) is 0 Å². The number of carbonyl (C=O) groups excluding carboxylic acids is 1. The van der Waals surface area contributed by atoms with Crippen molar-refractivity contribution in [3.8, 4) is 17.2 Å². The fourth-order valence-corrected chi connectivity index (χ4v) is 8.81. The molecule has 1 unspecified atom stereocenters. The van der Waals surface area contributed by atoms with Gasteiger partial charge in [0.05, 0.1) is 18.2 Å². The predicted molar refractivity (Wildman–Crippen MR) is 244 cm³/mol. The minimum absolute atomic E-state index is 0.0485. The number of phosphoric acid groups is 1. The molecule has 0 saturated carbocycles. The first-order chi connectivity index (χ1) is 30.9. The van der Waals surface area contributed by atoms with E-state index in [2.05, 4.69) is 0 Å². The Morgan fingerprint density at radius 3 is 1.56 bits per heavy atom. The van der Waals surface area contributed by atoms with Crippen LogP contribution in [0.2, 0.25) is 5.02 Å². The van der Waals surface area contributed by atoms with Gasteiger partial charge in [-0.25, -0.2) is 9.36 Å². The predicted octanol–water partition coefficient (Wildman–Crippen LogP) is 12.7. The Hall–Kier alpha value is -6.35. The second kappa shape index (κ2) is 21.1. The number of rotatable bonds is 17. The number of phosphoric ester groups is 1. The summed E-state index contributed by atoms with van der Waals surface area (Å²) >= 11 is 7.46. The van der Waals surface area contributed by atoms with Gasteiger partial charge in [-0.15, -0.1) is 0 Å². The highest BCUT2D eigenvalue weighted by molar-refractivity contribution is 7.48. The topological polar surface area (TPSA) is 92.8 Å². The molecule has 11 heteroatoms. The van der Waals surface area contributed by atoms with E-state index in [1.54, 1.807) is 11.0 Å². The Kier molecular flexibility index (Phi) is 14.5. The Balaban J connectivity index is 1.17. The minimum Gasteiger partial charge on any atom is -0.489 e. The summed E-state index contributed by atoms with van der Waals surface area (Å²) < 4.78 is 52.1. The summed E-state index contributed by atoms with van der Waals surface area (Å²) in [6.07, 6.45) is -0.0846. The SMILES string of the molecule is O=C(OCc1ccccc1)N1CCc2c(cc(OP(=O)(OCc3ccccc3)OCc3ccccc3)c(OCc3ccccc3)c2Cl)C(c2ccc(OCc3ccccc3)cc2)C1. The van der Waals surface area contributed by atoms with Crippen LogP contribution in [0.15, 0.2) is 182 Å². The normalized spacial score (nSPS) is 13.7. The Morgan fingerprint density at radius 1 is 0.587 bits per heavy atom. The van der Waals surface area contributed by atoms with Gasteiger partial charge < -0.3 is 23.6 Å². The van der Waals surface area contributed by atoms with Gasteiger partial charge >= 0.3 is 13.9 Å². The molecule has 0 spiro atoms. The summed E-state index contributed by atoms with van der Waals surface area (Å²) in [5.74, 6) is 0.504. The van der Waals surface area contributed by atoms with Gasteiger partial charge in [0.1, 0.15) is 25.6 Å². The van der Waals surface area contributed by atoms with Crippen molar-refractivity contribution in [2.75, 3.05) is 13.1 Å². The van der Waals surface area contributed by atoms with Gasteiger partial charge in [0, 0.05) is 19.0 Å². The maximum atomic E-state index is 14.9. The van der Waals surface area contributed by atoms with Crippen molar-refractivity contribution in [1.82, 2.24) is 4.90 Å². The van der Waals surface area contributed by atoms with Crippen molar-refractivity contribution in [1.29, 1.82) is 0 Å². The lowest BCUT2D eigenvalue weighted by molar-refractivity contribution is 0.0964. The number of hydrogen-bond donors (Lipinski definition) is 0. The molecule has 1 atom stereocenters. The van der Waals surface area contributed by atoms with Crippen molar-refractivity contribution >= 4 is 25.5 Å². The van der Waals surface area contributed by atoms with E-state index < -0.39 is 19.8 Å². The van der Waals surface area contributed by atoms with E-state index in [-0.39, 0.29) is 49.5 Å². The molecule has 1 heterocycles. The van der Waals surface area contributed by atoms with Crippen molar-refractivity contribution in [3.05, 3.63) is 232 Å². The number of nitrogens with zero attached hydrogens (tertiary/aromatic N) is 1. The molecule has 0 bridgehead atoms. The number of benzene rings is 7. The lowest BCUT2D eigenvalue weighted by Gasteiger charge is -2.27.